The fourth-order valence-electron chi connectivity index (χ4n) is 3.11. The average molecular weight is 434 g/mol. The molecule has 0 heterocycles. The van der Waals surface area contributed by atoms with E-state index in [0.29, 0.717) is 6.42 Å². The predicted octanol–water partition coefficient (Wildman–Crippen LogP) is 4.10. The van der Waals surface area contributed by atoms with E-state index in [0.717, 1.165) is 11.1 Å². The van der Waals surface area contributed by atoms with Crippen LogP contribution >= 0.6 is 0 Å². The Balaban J connectivity index is 3.27. The smallest absolute Gasteiger partial charge is 0.408 e. The normalized spacial score (nSPS) is 13.7. The molecule has 174 valence electrons. The fraction of sp³-hybridized carbons (Fsp3) is 0.625. The summed E-state index contributed by atoms with van der Waals surface area (Å²) in [6.45, 7) is 16.5. The molecular weight excluding hydrogens is 394 g/mol. The molecule has 0 aliphatic heterocycles. The number of carbonyl (C=O) groups is 3. The van der Waals surface area contributed by atoms with E-state index in [-0.39, 0.29) is 24.4 Å². The largest absolute Gasteiger partial charge is 0.444 e. The second kappa shape index (κ2) is 10.6. The van der Waals surface area contributed by atoms with Crippen LogP contribution in [0.4, 0.5) is 4.79 Å². The molecule has 0 bridgehead atoms. The molecule has 0 saturated carbocycles. The number of benzene rings is 1. The van der Waals surface area contributed by atoms with Crippen LogP contribution < -0.4 is 10.6 Å². The molecule has 7 nitrogen and oxygen atoms in total. The molecular formula is C24H39N3O4. The highest BCUT2D eigenvalue weighted by Crippen LogP contribution is 2.26. The maximum atomic E-state index is 13.3. The van der Waals surface area contributed by atoms with Gasteiger partial charge in [-0.1, -0.05) is 36.8 Å². The van der Waals surface area contributed by atoms with Gasteiger partial charge in [-0.3, -0.25) is 9.59 Å². The zero-order chi connectivity index (χ0) is 24.0. The Morgan fingerprint density at radius 1 is 1.10 bits per heavy atom. The minimum absolute atomic E-state index is 0.218. The van der Waals surface area contributed by atoms with Crippen molar-refractivity contribution < 1.29 is 19.1 Å². The maximum Gasteiger partial charge on any atom is 0.408 e. The lowest BCUT2D eigenvalue weighted by atomic mass is 9.98. The van der Waals surface area contributed by atoms with Crippen molar-refractivity contribution in [3.63, 3.8) is 0 Å². The average Bonchev–Trinajstić information content (AvgIpc) is 2.60. The fourth-order valence-corrected chi connectivity index (χ4v) is 3.11. The Morgan fingerprint density at radius 3 is 2.19 bits per heavy atom. The molecule has 0 aliphatic carbocycles. The number of ether oxygens (including phenoxy) is 1. The van der Waals surface area contributed by atoms with Gasteiger partial charge in [0.25, 0.3) is 0 Å². The molecule has 0 fully saturated rings. The summed E-state index contributed by atoms with van der Waals surface area (Å²) in [4.78, 5) is 40.2. The molecule has 2 unspecified atom stereocenters. The minimum atomic E-state index is -0.818. The lowest BCUT2D eigenvalue weighted by molar-refractivity contribution is -0.143. The number of nitrogens with zero attached hydrogens (tertiary/aromatic N) is 1. The molecule has 7 heteroatoms. The van der Waals surface area contributed by atoms with Crippen LogP contribution in [0.3, 0.4) is 0 Å². The molecule has 31 heavy (non-hydrogen) atoms. The van der Waals surface area contributed by atoms with Crippen molar-refractivity contribution in [3.05, 3.63) is 35.4 Å². The first-order valence-electron chi connectivity index (χ1n) is 10.8. The second-order valence-corrected chi connectivity index (χ2v) is 9.97. The molecule has 1 aromatic rings. The predicted molar refractivity (Wildman–Crippen MR) is 123 cm³/mol. The van der Waals surface area contributed by atoms with Crippen LogP contribution in [-0.4, -0.2) is 46.5 Å². The van der Waals surface area contributed by atoms with Gasteiger partial charge in [0.15, 0.2) is 0 Å². The van der Waals surface area contributed by atoms with Gasteiger partial charge < -0.3 is 20.3 Å². The summed E-state index contributed by atoms with van der Waals surface area (Å²) in [5, 5.41) is 5.52. The number of hydrogen-bond donors (Lipinski definition) is 2. The molecule has 0 aliphatic rings. The van der Waals surface area contributed by atoms with E-state index in [9.17, 15) is 14.4 Å². The van der Waals surface area contributed by atoms with Gasteiger partial charge in [-0.25, -0.2) is 4.79 Å². The lowest BCUT2D eigenvalue weighted by Crippen LogP contribution is -2.53. The lowest BCUT2D eigenvalue weighted by Gasteiger charge is -2.37. The molecule has 3 amide bonds. The van der Waals surface area contributed by atoms with E-state index in [4.69, 9.17) is 4.74 Å². The van der Waals surface area contributed by atoms with E-state index in [1.165, 1.54) is 0 Å². The zero-order valence-electron chi connectivity index (χ0n) is 20.5. The van der Waals surface area contributed by atoms with Crippen molar-refractivity contribution >= 4 is 17.9 Å². The summed E-state index contributed by atoms with van der Waals surface area (Å²) >= 11 is 0. The summed E-state index contributed by atoms with van der Waals surface area (Å²) in [6, 6.07) is 6.55. The number of carbonyl (C=O) groups excluding carboxylic acids is 3. The number of alkyl carbamates (subject to hydrolysis) is 1. The zero-order valence-corrected chi connectivity index (χ0v) is 20.5. The SMILES string of the molecule is CCC(C)N(C(=O)CNC(=O)OC(C)(C)C)C(C(=O)NC(C)(C)C)c1cccc(C)c1. The van der Waals surface area contributed by atoms with Crippen molar-refractivity contribution in [1.82, 2.24) is 15.5 Å². The van der Waals surface area contributed by atoms with Gasteiger partial charge in [0.2, 0.25) is 11.8 Å². The number of aryl methyl sites for hydroxylation is 1. The molecule has 2 atom stereocenters. The van der Waals surface area contributed by atoms with Gasteiger partial charge >= 0.3 is 6.09 Å². The van der Waals surface area contributed by atoms with E-state index >= 15 is 0 Å². The summed E-state index contributed by atoms with van der Waals surface area (Å²) in [7, 11) is 0. The Bertz CT molecular complexity index is 778. The van der Waals surface area contributed by atoms with Crippen molar-refractivity contribution in [2.75, 3.05) is 6.54 Å². The van der Waals surface area contributed by atoms with E-state index in [2.05, 4.69) is 10.6 Å². The molecule has 0 saturated heterocycles. The second-order valence-electron chi connectivity index (χ2n) is 9.97. The van der Waals surface area contributed by atoms with Crippen LogP contribution in [0.15, 0.2) is 24.3 Å². The minimum Gasteiger partial charge on any atom is -0.444 e. The Kier molecular flexibility index (Phi) is 9.09. The first-order valence-corrected chi connectivity index (χ1v) is 10.8. The first kappa shape index (κ1) is 26.5. The highest BCUT2D eigenvalue weighted by Gasteiger charge is 2.35. The van der Waals surface area contributed by atoms with Crippen LogP contribution in [0.25, 0.3) is 0 Å². The van der Waals surface area contributed by atoms with Gasteiger partial charge in [0, 0.05) is 11.6 Å². The van der Waals surface area contributed by atoms with E-state index in [1.807, 2.05) is 65.8 Å². The third kappa shape index (κ3) is 8.99. The molecule has 1 rings (SSSR count). The van der Waals surface area contributed by atoms with Crippen molar-refractivity contribution in [2.45, 2.75) is 92.0 Å². The molecule has 0 spiro atoms. The quantitative estimate of drug-likeness (QED) is 0.678. The Hall–Kier alpha value is -2.57. The number of rotatable bonds is 7. The summed E-state index contributed by atoms with van der Waals surface area (Å²) < 4.78 is 5.23. The highest BCUT2D eigenvalue weighted by atomic mass is 16.6. The van der Waals surface area contributed by atoms with Gasteiger partial charge in [0.05, 0.1) is 0 Å². The van der Waals surface area contributed by atoms with Crippen LogP contribution in [0.2, 0.25) is 0 Å². The number of nitrogens with one attached hydrogen (secondary N) is 2. The van der Waals surface area contributed by atoms with E-state index < -0.39 is 23.3 Å². The van der Waals surface area contributed by atoms with Crippen LogP contribution in [-0.2, 0) is 14.3 Å². The van der Waals surface area contributed by atoms with Crippen molar-refractivity contribution in [3.8, 4) is 0 Å². The third-order valence-electron chi connectivity index (χ3n) is 4.52. The maximum absolute atomic E-state index is 13.3. The first-order chi connectivity index (χ1) is 14.1. The van der Waals surface area contributed by atoms with E-state index in [1.54, 1.807) is 25.7 Å². The van der Waals surface area contributed by atoms with Crippen LogP contribution in [0.5, 0.6) is 0 Å². The number of amides is 3. The Labute approximate surface area is 186 Å². The third-order valence-corrected chi connectivity index (χ3v) is 4.52. The molecule has 0 radical (unpaired) electrons. The van der Waals surface area contributed by atoms with Crippen LogP contribution in [0, 0.1) is 6.92 Å². The van der Waals surface area contributed by atoms with Gasteiger partial charge in [0.1, 0.15) is 18.2 Å². The van der Waals surface area contributed by atoms with Crippen LogP contribution in [0.1, 0.15) is 79.0 Å². The van der Waals surface area contributed by atoms with Crippen molar-refractivity contribution in [2.24, 2.45) is 0 Å². The topological polar surface area (TPSA) is 87.7 Å². The molecule has 0 aromatic heterocycles. The standard InChI is InChI=1S/C24H39N3O4/c1-10-17(3)27(19(28)15-25-22(30)31-24(7,8)9)20(21(29)26-23(4,5)6)18-13-11-12-16(2)14-18/h11-14,17,20H,10,15H2,1-9H3,(H,25,30)(H,26,29). The summed E-state index contributed by atoms with van der Waals surface area (Å²) in [6.07, 6.45) is -0.0141. The number of hydrogen-bond acceptors (Lipinski definition) is 4. The van der Waals surface area contributed by atoms with Gasteiger partial charge in [-0.2, -0.15) is 0 Å². The Morgan fingerprint density at radius 2 is 1.71 bits per heavy atom. The van der Waals surface area contributed by atoms with Gasteiger partial charge in [-0.15, -0.1) is 0 Å². The summed E-state index contributed by atoms with van der Waals surface area (Å²) in [5.41, 5.74) is 0.598. The highest BCUT2D eigenvalue weighted by molar-refractivity contribution is 5.91. The summed E-state index contributed by atoms with van der Waals surface area (Å²) in [5.74, 6) is -0.611. The monoisotopic (exact) mass is 433 g/mol. The molecule has 2 N–H and O–H groups in total. The molecule has 1 aromatic carbocycles. The van der Waals surface area contributed by atoms with Gasteiger partial charge in [-0.05, 0) is 67.4 Å². The van der Waals surface area contributed by atoms with Crippen molar-refractivity contribution in [1.29, 1.82) is 0 Å².